The van der Waals surface area contributed by atoms with E-state index in [9.17, 15) is 13.2 Å². The molecule has 0 heterocycles. The number of rotatable bonds is 6. The van der Waals surface area contributed by atoms with Crippen LogP contribution in [0.2, 0.25) is 0 Å². The zero-order valence-corrected chi connectivity index (χ0v) is 15.7. The number of anilines is 1. The van der Waals surface area contributed by atoms with Crippen molar-refractivity contribution in [1.82, 2.24) is 4.72 Å². The molecule has 0 aromatic heterocycles. The summed E-state index contributed by atoms with van der Waals surface area (Å²) in [6.07, 6.45) is 3.07. The summed E-state index contributed by atoms with van der Waals surface area (Å²) in [6.45, 7) is 2.06. The van der Waals surface area contributed by atoms with Gasteiger partial charge in [-0.15, -0.1) is 0 Å². The molecule has 0 radical (unpaired) electrons. The van der Waals surface area contributed by atoms with Crippen LogP contribution >= 0.6 is 0 Å². The molecule has 0 saturated heterocycles. The third kappa shape index (κ3) is 4.61. The van der Waals surface area contributed by atoms with Crippen molar-refractivity contribution in [1.29, 1.82) is 0 Å². The number of sulfonamides is 1. The summed E-state index contributed by atoms with van der Waals surface area (Å²) in [7, 11) is -3.47. The third-order valence-corrected chi connectivity index (χ3v) is 5.56. The van der Waals surface area contributed by atoms with E-state index in [1.54, 1.807) is 25.1 Å². The molecule has 5 nitrogen and oxygen atoms in total. The largest absolute Gasteiger partial charge is 0.322 e. The molecule has 27 heavy (non-hydrogen) atoms. The van der Waals surface area contributed by atoms with Crippen molar-refractivity contribution in [2.75, 3.05) is 11.9 Å². The van der Waals surface area contributed by atoms with E-state index in [-0.39, 0.29) is 10.8 Å². The maximum Gasteiger partial charge on any atom is 0.248 e. The van der Waals surface area contributed by atoms with Crippen LogP contribution in [0.4, 0.5) is 5.69 Å². The van der Waals surface area contributed by atoms with Crippen LogP contribution < -0.4 is 10.0 Å². The zero-order valence-electron chi connectivity index (χ0n) is 14.8. The SMILES string of the molecule is CCNS(=O)(=O)c1ccc(/C=C/C(=O)Nc2cccc3ccccc23)cc1. The van der Waals surface area contributed by atoms with Crippen LogP contribution in [0.3, 0.4) is 0 Å². The Morgan fingerprint density at radius 3 is 2.41 bits per heavy atom. The molecule has 0 unspecified atom stereocenters. The van der Waals surface area contributed by atoms with Gasteiger partial charge < -0.3 is 5.32 Å². The lowest BCUT2D eigenvalue weighted by molar-refractivity contribution is -0.111. The van der Waals surface area contributed by atoms with Crippen molar-refractivity contribution in [3.8, 4) is 0 Å². The minimum atomic E-state index is -3.47. The van der Waals surface area contributed by atoms with Gasteiger partial charge in [0.15, 0.2) is 0 Å². The van der Waals surface area contributed by atoms with Crippen molar-refractivity contribution in [2.45, 2.75) is 11.8 Å². The van der Waals surface area contributed by atoms with E-state index in [0.29, 0.717) is 6.54 Å². The average molecular weight is 380 g/mol. The normalized spacial score (nSPS) is 11.7. The van der Waals surface area contributed by atoms with Crippen LogP contribution in [0.25, 0.3) is 16.8 Å². The summed E-state index contributed by atoms with van der Waals surface area (Å²) in [6, 6.07) is 19.9. The van der Waals surface area contributed by atoms with E-state index >= 15 is 0 Å². The van der Waals surface area contributed by atoms with Crippen LogP contribution in [0.15, 0.2) is 77.7 Å². The van der Waals surface area contributed by atoms with Crippen molar-refractivity contribution >= 4 is 38.5 Å². The van der Waals surface area contributed by atoms with Crippen molar-refractivity contribution in [3.05, 3.63) is 78.4 Å². The van der Waals surface area contributed by atoms with Gasteiger partial charge in [-0.2, -0.15) is 0 Å². The molecule has 3 aromatic rings. The quantitative estimate of drug-likeness (QED) is 0.639. The van der Waals surface area contributed by atoms with Gasteiger partial charge in [0.2, 0.25) is 15.9 Å². The van der Waals surface area contributed by atoms with Crippen LogP contribution in [0.1, 0.15) is 12.5 Å². The molecule has 1 amide bonds. The standard InChI is InChI=1S/C21H20N2O3S/c1-2-22-27(25,26)18-13-10-16(11-14-18)12-15-21(24)23-20-9-5-7-17-6-3-4-8-19(17)20/h3-15,22H,2H2,1H3,(H,23,24)/b15-12+. The van der Waals surface area contributed by atoms with Gasteiger partial charge in [0.25, 0.3) is 0 Å². The second-order valence-corrected chi connectivity index (χ2v) is 7.69. The molecular formula is C21H20N2O3S. The first kappa shape index (κ1) is 18.8. The lowest BCUT2D eigenvalue weighted by atomic mass is 10.1. The number of benzene rings is 3. The van der Waals surface area contributed by atoms with Crippen molar-refractivity contribution in [3.63, 3.8) is 0 Å². The molecule has 0 bridgehead atoms. The first-order valence-electron chi connectivity index (χ1n) is 8.56. The van der Waals surface area contributed by atoms with Gasteiger partial charge >= 0.3 is 0 Å². The van der Waals surface area contributed by atoms with Gasteiger partial charge in [0.05, 0.1) is 4.90 Å². The van der Waals surface area contributed by atoms with E-state index in [4.69, 9.17) is 0 Å². The Morgan fingerprint density at radius 1 is 0.963 bits per heavy atom. The molecule has 3 rings (SSSR count). The Bertz CT molecular complexity index is 1080. The van der Waals surface area contributed by atoms with Crippen LogP contribution in [-0.2, 0) is 14.8 Å². The Kier molecular flexibility index (Phi) is 5.69. The zero-order chi connectivity index (χ0) is 19.3. The monoisotopic (exact) mass is 380 g/mol. The number of fused-ring (bicyclic) bond motifs is 1. The number of hydrogen-bond acceptors (Lipinski definition) is 3. The second kappa shape index (κ2) is 8.16. The summed E-state index contributed by atoms with van der Waals surface area (Å²) in [5, 5.41) is 4.90. The highest BCUT2D eigenvalue weighted by molar-refractivity contribution is 7.89. The predicted molar refractivity (Wildman–Crippen MR) is 109 cm³/mol. The molecule has 0 aliphatic heterocycles. The van der Waals surface area contributed by atoms with Gasteiger partial charge in [-0.3, -0.25) is 4.79 Å². The van der Waals surface area contributed by atoms with E-state index in [1.807, 2.05) is 42.5 Å². The molecule has 6 heteroatoms. The van der Waals surface area contributed by atoms with Crippen LogP contribution in [0, 0.1) is 0 Å². The topological polar surface area (TPSA) is 75.3 Å². The number of carbonyl (C=O) groups excluding carboxylic acids is 1. The lowest BCUT2D eigenvalue weighted by Crippen LogP contribution is -2.22. The smallest absolute Gasteiger partial charge is 0.248 e. The summed E-state index contributed by atoms with van der Waals surface area (Å²) >= 11 is 0. The molecule has 0 spiro atoms. The average Bonchev–Trinajstić information content (AvgIpc) is 2.67. The summed E-state index contributed by atoms with van der Waals surface area (Å²) in [5.41, 5.74) is 1.48. The second-order valence-electron chi connectivity index (χ2n) is 5.92. The highest BCUT2D eigenvalue weighted by atomic mass is 32.2. The lowest BCUT2D eigenvalue weighted by Gasteiger charge is -2.07. The summed E-state index contributed by atoms with van der Waals surface area (Å²) in [4.78, 5) is 12.4. The van der Waals surface area contributed by atoms with Gasteiger partial charge in [-0.1, -0.05) is 55.5 Å². The van der Waals surface area contributed by atoms with Gasteiger partial charge in [-0.05, 0) is 35.2 Å². The number of carbonyl (C=O) groups is 1. The predicted octanol–water partition coefficient (Wildman–Crippen LogP) is 3.79. The minimum Gasteiger partial charge on any atom is -0.322 e. The summed E-state index contributed by atoms with van der Waals surface area (Å²) in [5.74, 6) is -0.254. The molecule has 0 fully saturated rings. The molecule has 138 valence electrons. The maximum absolute atomic E-state index is 12.2. The van der Waals surface area contributed by atoms with Gasteiger partial charge in [-0.25, -0.2) is 13.1 Å². The highest BCUT2D eigenvalue weighted by Crippen LogP contribution is 2.23. The first-order chi connectivity index (χ1) is 13.0. The fourth-order valence-electron chi connectivity index (χ4n) is 2.71. The van der Waals surface area contributed by atoms with Crippen LogP contribution in [-0.4, -0.2) is 20.9 Å². The Hall–Kier alpha value is -2.96. The Labute approximate surface area is 158 Å². The third-order valence-electron chi connectivity index (χ3n) is 4.00. The van der Waals surface area contributed by atoms with E-state index < -0.39 is 10.0 Å². The molecule has 0 saturated carbocycles. The van der Waals surface area contributed by atoms with E-state index in [2.05, 4.69) is 10.0 Å². The first-order valence-corrected chi connectivity index (χ1v) is 10.0. The Morgan fingerprint density at radius 2 is 1.67 bits per heavy atom. The van der Waals surface area contributed by atoms with E-state index in [0.717, 1.165) is 22.0 Å². The molecule has 2 N–H and O–H groups in total. The maximum atomic E-state index is 12.2. The van der Waals surface area contributed by atoms with Crippen LogP contribution in [0.5, 0.6) is 0 Å². The molecule has 0 aliphatic rings. The number of amides is 1. The van der Waals surface area contributed by atoms with Gasteiger partial charge in [0.1, 0.15) is 0 Å². The fraction of sp³-hybridized carbons (Fsp3) is 0.0952. The van der Waals surface area contributed by atoms with E-state index in [1.165, 1.54) is 18.2 Å². The fourth-order valence-corrected chi connectivity index (χ4v) is 3.75. The van der Waals surface area contributed by atoms with Crippen molar-refractivity contribution < 1.29 is 13.2 Å². The minimum absolute atomic E-state index is 0.196. The summed E-state index contributed by atoms with van der Waals surface area (Å²) < 4.78 is 26.3. The molecular weight excluding hydrogens is 360 g/mol. The molecule has 0 atom stereocenters. The van der Waals surface area contributed by atoms with Crippen molar-refractivity contribution in [2.24, 2.45) is 0 Å². The number of hydrogen-bond donors (Lipinski definition) is 2. The highest BCUT2D eigenvalue weighted by Gasteiger charge is 2.11. The molecule has 3 aromatic carbocycles. The molecule has 0 aliphatic carbocycles. The van der Waals surface area contributed by atoms with Gasteiger partial charge in [0, 0.05) is 23.7 Å². The number of nitrogens with one attached hydrogen (secondary N) is 2. The Balaban J connectivity index is 1.71.